The molecule has 0 fully saturated rings. The monoisotopic (exact) mass is 275 g/mol. The van der Waals surface area contributed by atoms with E-state index in [9.17, 15) is 4.39 Å². The van der Waals surface area contributed by atoms with Crippen LogP contribution < -0.4 is 15.8 Å². The molecule has 4 nitrogen and oxygen atoms in total. The second-order valence-electron chi connectivity index (χ2n) is 5.41. The predicted octanol–water partition coefficient (Wildman–Crippen LogP) is 3.72. The van der Waals surface area contributed by atoms with Crippen molar-refractivity contribution < 1.29 is 9.13 Å². The summed E-state index contributed by atoms with van der Waals surface area (Å²) < 4.78 is 19.3. The highest BCUT2D eigenvalue weighted by atomic mass is 19.1. The second-order valence-corrected chi connectivity index (χ2v) is 5.41. The molecule has 0 aliphatic rings. The van der Waals surface area contributed by atoms with Crippen molar-refractivity contribution in [2.24, 2.45) is 0 Å². The van der Waals surface area contributed by atoms with Gasteiger partial charge < -0.3 is 15.8 Å². The number of nitrogen functional groups attached to an aromatic ring is 1. The summed E-state index contributed by atoms with van der Waals surface area (Å²) in [6, 6.07) is 9.75. The molecule has 20 heavy (non-hydrogen) atoms. The molecule has 0 atom stereocenters. The molecule has 0 radical (unpaired) electrons. The maximum absolute atomic E-state index is 13.6. The van der Waals surface area contributed by atoms with Crippen molar-refractivity contribution >= 4 is 17.2 Å². The fourth-order valence-electron chi connectivity index (χ4n) is 1.59. The number of rotatable bonds is 3. The van der Waals surface area contributed by atoms with Crippen molar-refractivity contribution in [3.05, 3.63) is 42.2 Å². The van der Waals surface area contributed by atoms with Crippen LogP contribution in [-0.4, -0.2) is 10.6 Å². The Labute approximate surface area is 117 Å². The number of halogens is 1. The van der Waals surface area contributed by atoms with Gasteiger partial charge in [-0.15, -0.1) is 0 Å². The van der Waals surface area contributed by atoms with E-state index in [1.54, 1.807) is 30.3 Å². The number of anilines is 3. The third-order valence-electron chi connectivity index (χ3n) is 2.43. The molecule has 0 aliphatic heterocycles. The molecule has 3 N–H and O–H groups in total. The van der Waals surface area contributed by atoms with Crippen molar-refractivity contribution in [2.45, 2.75) is 26.4 Å². The van der Waals surface area contributed by atoms with Gasteiger partial charge >= 0.3 is 0 Å². The SMILES string of the molecule is CC(C)(C)Oc1nc(Nc2ccccc2F)ccc1N. The second kappa shape index (κ2) is 5.36. The zero-order chi connectivity index (χ0) is 14.8. The van der Waals surface area contributed by atoms with E-state index in [4.69, 9.17) is 10.5 Å². The van der Waals surface area contributed by atoms with Crippen LogP contribution in [0.4, 0.5) is 21.6 Å². The number of nitrogens with two attached hydrogens (primary N) is 1. The van der Waals surface area contributed by atoms with Gasteiger partial charge in [0.15, 0.2) is 0 Å². The van der Waals surface area contributed by atoms with E-state index in [0.29, 0.717) is 23.1 Å². The molecule has 0 unspecified atom stereocenters. The van der Waals surface area contributed by atoms with Gasteiger partial charge in [-0.05, 0) is 45.0 Å². The lowest BCUT2D eigenvalue weighted by molar-refractivity contribution is 0.125. The molecule has 0 spiro atoms. The summed E-state index contributed by atoms with van der Waals surface area (Å²) >= 11 is 0. The van der Waals surface area contributed by atoms with Crippen LogP contribution in [-0.2, 0) is 0 Å². The van der Waals surface area contributed by atoms with Crippen LogP contribution in [0.2, 0.25) is 0 Å². The van der Waals surface area contributed by atoms with Crippen LogP contribution in [0.15, 0.2) is 36.4 Å². The van der Waals surface area contributed by atoms with Gasteiger partial charge in [-0.1, -0.05) is 12.1 Å². The molecule has 2 aromatic rings. The molecule has 0 aliphatic carbocycles. The highest BCUT2D eigenvalue weighted by molar-refractivity contribution is 5.61. The van der Waals surface area contributed by atoms with Crippen molar-refractivity contribution in [3.63, 3.8) is 0 Å². The molecule has 0 amide bonds. The maximum atomic E-state index is 13.6. The van der Waals surface area contributed by atoms with E-state index >= 15 is 0 Å². The molecule has 5 heteroatoms. The van der Waals surface area contributed by atoms with Crippen LogP contribution >= 0.6 is 0 Å². The Bertz CT molecular complexity index is 608. The summed E-state index contributed by atoms with van der Waals surface area (Å²) in [5.41, 5.74) is 6.22. The lowest BCUT2D eigenvalue weighted by Crippen LogP contribution is -2.24. The number of ether oxygens (including phenoxy) is 1. The fraction of sp³-hybridized carbons (Fsp3) is 0.267. The molecule has 106 valence electrons. The van der Waals surface area contributed by atoms with E-state index in [2.05, 4.69) is 10.3 Å². The molecule has 0 saturated carbocycles. The fourth-order valence-corrected chi connectivity index (χ4v) is 1.59. The summed E-state index contributed by atoms with van der Waals surface area (Å²) in [4.78, 5) is 4.27. The van der Waals surface area contributed by atoms with Crippen molar-refractivity contribution in [2.75, 3.05) is 11.1 Å². The van der Waals surface area contributed by atoms with E-state index < -0.39 is 5.60 Å². The Morgan fingerprint density at radius 1 is 1.15 bits per heavy atom. The number of pyridine rings is 1. The molecular formula is C15H18FN3O. The number of hydrogen-bond donors (Lipinski definition) is 2. The lowest BCUT2D eigenvalue weighted by atomic mass is 10.2. The first-order valence-corrected chi connectivity index (χ1v) is 6.32. The molecule has 2 rings (SSSR count). The van der Waals surface area contributed by atoms with E-state index in [-0.39, 0.29) is 5.82 Å². The Morgan fingerprint density at radius 2 is 1.85 bits per heavy atom. The smallest absolute Gasteiger partial charge is 0.239 e. The van der Waals surface area contributed by atoms with Crippen LogP contribution in [0.1, 0.15) is 20.8 Å². The van der Waals surface area contributed by atoms with Gasteiger partial charge in [0.2, 0.25) is 5.88 Å². The maximum Gasteiger partial charge on any atom is 0.239 e. The Hall–Kier alpha value is -2.30. The first-order chi connectivity index (χ1) is 9.35. The largest absolute Gasteiger partial charge is 0.470 e. The molecular weight excluding hydrogens is 257 g/mol. The average molecular weight is 275 g/mol. The van der Waals surface area contributed by atoms with Crippen molar-refractivity contribution in [1.82, 2.24) is 4.98 Å². The third kappa shape index (κ3) is 3.60. The Morgan fingerprint density at radius 3 is 2.50 bits per heavy atom. The van der Waals surface area contributed by atoms with Gasteiger partial charge in [0.1, 0.15) is 17.2 Å². The molecule has 0 saturated heterocycles. The Kier molecular flexibility index (Phi) is 3.79. The van der Waals surface area contributed by atoms with E-state index in [1.807, 2.05) is 20.8 Å². The number of nitrogens with one attached hydrogen (secondary N) is 1. The predicted molar refractivity (Wildman–Crippen MR) is 78.7 cm³/mol. The molecule has 1 heterocycles. The highest BCUT2D eigenvalue weighted by Gasteiger charge is 2.15. The third-order valence-corrected chi connectivity index (χ3v) is 2.43. The summed E-state index contributed by atoms with van der Waals surface area (Å²) in [7, 11) is 0. The topological polar surface area (TPSA) is 60.2 Å². The van der Waals surface area contributed by atoms with Crippen LogP contribution in [0.3, 0.4) is 0 Å². The van der Waals surface area contributed by atoms with Gasteiger partial charge in [0.05, 0.1) is 11.4 Å². The average Bonchev–Trinajstić information content (AvgIpc) is 2.34. The van der Waals surface area contributed by atoms with Crippen molar-refractivity contribution in [3.8, 4) is 5.88 Å². The normalized spacial score (nSPS) is 11.2. The first-order valence-electron chi connectivity index (χ1n) is 6.32. The summed E-state index contributed by atoms with van der Waals surface area (Å²) in [6.45, 7) is 5.72. The minimum Gasteiger partial charge on any atom is -0.470 e. The quantitative estimate of drug-likeness (QED) is 0.896. The standard InChI is InChI=1S/C15H18FN3O/c1-15(2,3)20-14-11(17)8-9-13(19-14)18-12-7-5-4-6-10(12)16/h4-9H,17H2,1-3H3,(H,18,19). The Balaban J connectivity index is 2.26. The van der Waals surface area contributed by atoms with Gasteiger partial charge in [-0.3, -0.25) is 0 Å². The summed E-state index contributed by atoms with van der Waals surface area (Å²) in [6.07, 6.45) is 0. The summed E-state index contributed by atoms with van der Waals surface area (Å²) in [5.74, 6) is 0.465. The molecule has 1 aromatic heterocycles. The number of nitrogens with zero attached hydrogens (tertiary/aromatic N) is 1. The number of hydrogen-bond acceptors (Lipinski definition) is 4. The number of benzene rings is 1. The zero-order valence-electron chi connectivity index (χ0n) is 11.8. The van der Waals surface area contributed by atoms with Crippen molar-refractivity contribution in [1.29, 1.82) is 0 Å². The van der Waals surface area contributed by atoms with Gasteiger partial charge in [0, 0.05) is 0 Å². The summed E-state index contributed by atoms with van der Waals surface area (Å²) in [5, 5.41) is 2.90. The minimum absolute atomic E-state index is 0.332. The van der Waals surface area contributed by atoms with Crippen LogP contribution in [0.25, 0.3) is 0 Å². The molecule has 1 aromatic carbocycles. The van der Waals surface area contributed by atoms with Gasteiger partial charge in [0.25, 0.3) is 0 Å². The first kappa shape index (κ1) is 14.1. The number of aromatic nitrogens is 1. The van der Waals surface area contributed by atoms with Gasteiger partial charge in [-0.25, -0.2) is 4.39 Å². The number of para-hydroxylation sites is 1. The van der Waals surface area contributed by atoms with Crippen LogP contribution in [0.5, 0.6) is 5.88 Å². The van der Waals surface area contributed by atoms with E-state index in [1.165, 1.54) is 6.07 Å². The van der Waals surface area contributed by atoms with Crippen LogP contribution in [0, 0.1) is 5.82 Å². The van der Waals surface area contributed by atoms with E-state index in [0.717, 1.165) is 0 Å². The minimum atomic E-state index is -0.405. The zero-order valence-corrected chi connectivity index (χ0v) is 11.8. The highest BCUT2D eigenvalue weighted by Crippen LogP contribution is 2.26. The lowest BCUT2D eigenvalue weighted by Gasteiger charge is -2.21. The molecule has 0 bridgehead atoms. The van der Waals surface area contributed by atoms with Gasteiger partial charge in [-0.2, -0.15) is 4.98 Å².